The molecule has 3 amide bonds. The van der Waals surface area contributed by atoms with Gasteiger partial charge in [-0.15, -0.1) is 0 Å². The van der Waals surface area contributed by atoms with Gasteiger partial charge in [0.05, 0.1) is 16.6 Å². The number of halogens is 1. The molecule has 3 heterocycles. The van der Waals surface area contributed by atoms with Crippen LogP contribution in [-0.4, -0.2) is 53.4 Å². The van der Waals surface area contributed by atoms with E-state index in [9.17, 15) is 14.4 Å². The highest BCUT2D eigenvalue weighted by atomic mass is 35.5. The summed E-state index contributed by atoms with van der Waals surface area (Å²) < 4.78 is 1.97. The van der Waals surface area contributed by atoms with Crippen LogP contribution in [0.2, 0.25) is 5.02 Å². The van der Waals surface area contributed by atoms with E-state index in [1.807, 2.05) is 59.0 Å². The first-order valence-electron chi connectivity index (χ1n) is 11.7. The van der Waals surface area contributed by atoms with Gasteiger partial charge in [-0.3, -0.25) is 19.7 Å². The van der Waals surface area contributed by atoms with Gasteiger partial charge in [0.15, 0.2) is 0 Å². The van der Waals surface area contributed by atoms with Crippen LogP contribution in [-0.2, 0) is 7.05 Å². The molecule has 1 aromatic heterocycles. The highest BCUT2D eigenvalue weighted by molar-refractivity contribution is 6.36. The Morgan fingerprint density at radius 2 is 1.71 bits per heavy atom. The second-order valence-corrected chi connectivity index (χ2v) is 9.43. The van der Waals surface area contributed by atoms with Crippen LogP contribution < -0.4 is 10.6 Å². The van der Waals surface area contributed by atoms with E-state index >= 15 is 0 Å². The topological polar surface area (TPSA) is 83.4 Å². The lowest BCUT2D eigenvalue weighted by Crippen LogP contribution is -2.34. The molecule has 3 aromatic carbocycles. The molecule has 0 saturated carbocycles. The zero-order valence-electron chi connectivity index (χ0n) is 19.2. The van der Waals surface area contributed by atoms with Crippen LogP contribution in [0.1, 0.15) is 37.5 Å². The van der Waals surface area contributed by atoms with Crippen LogP contribution in [0.5, 0.6) is 0 Å². The molecule has 7 nitrogen and oxygen atoms in total. The lowest BCUT2D eigenvalue weighted by atomic mass is 9.92. The normalized spacial score (nSPS) is 16.0. The first-order chi connectivity index (χ1) is 17.0. The lowest BCUT2D eigenvalue weighted by Gasteiger charge is -2.20. The van der Waals surface area contributed by atoms with E-state index in [0.717, 1.165) is 42.5 Å². The summed E-state index contributed by atoms with van der Waals surface area (Å²) in [4.78, 5) is 41.0. The van der Waals surface area contributed by atoms with Gasteiger partial charge < -0.3 is 14.8 Å². The van der Waals surface area contributed by atoms with Crippen molar-refractivity contribution in [3.05, 3.63) is 70.2 Å². The highest BCUT2D eigenvalue weighted by Crippen LogP contribution is 2.41. The number of nitrogens with one attached hydrogen (secondary N) is 2. The van der Waals surface area contributed by atoms with Gasteiger partial charge in [0.2, 0.25) is 0 Å². The van der Waals surface area contributed by atoms with Crippen molar-refractivity contribution >= 4 is 51.1 Å². The predicted molar refractivity (Wildman–Crippen MR) is 136 cm³/mol. The van der Waals surface area contributed by atoms with Crippen molar-refractivity contribution in [3.63, 3.8) is 0 Å². The fraction of sp³-hybridized carbons (Fsp3) is 0.222. The van der Waals surface area contributed by atoms with Gasteiger partial charge in [0, 0.05) is 59.1 Å². The molecule has 2 aliphatic rings. The first-order valence-corrected chi connectivity index (χ1v) is 12.0. The van der Waals surface area contributed by atoms with E-state index < -0.39 is 11.8 Å². The number of aryl methyl sites for hydroxylation is 1. The number of fused-ring (bicyclic) bond motifs is 5. The molecular weight excluding hydrogens is 464 g/mol. The minimum absolute atomic E-state index is 0.00392. The molecule has 6 rings (SSSR count). The van der Waals surface area contributed by atoms with Crippen LogP contribution in [0.3, 0.4) is 0 Å². The number of imide groups is 1. The number of benzene rings is 3. The predicted octanol–water partition coefficient (Wildman–Crippen LogP) is 3.97. The van der Waals surface area contributed by atoms with Crippen LogP contribution >= 0.6 is 11.6 Å². The molecule has 0 spiro atoms. The maximum Gasteiger partial charge on any atom is 0.259 e. The summed E-state index contributed by atoms with van der Waals surface area (Å²) in [5.74, 6) is -0.857. The van der Waals surface area contributed by atoms with E-state index in [1.165, 1.54) is 0 Å². The fourth-order valence-electron chi connectivity index (χ4n) is 5.30. The second-order valence-electron chi connectivity index (χ2n) is 9.02. The Balaban J connectivity index is 1.59. The lowest BCUT2D eigenvalue weighted by molar-refractivity contribution is 0.0765. The third-order valence-electron chi connectivity index (χ3n) is 7.02. The van der Waals surface area contributed by atoms with Crippen LogP contribution in [0.15, 0.2) is 48.5 Å². The summed E-state index contributed by atoms with van der Waals surface area (Å²) in [5.41, 5.74) is 4.21. The van der Waals surface area contributed by atoms with Crippen molar-refractivity contribution in [1.29, 1.82) is 0 Å². The molecule has 8 heteroatoms. The number of rotatable bonds is 2. The third kappa shape index (κ3) is 3.34. The van der Waals surface area contributed by atoms with Gasteiger partial charge in [0.25, 0.3) is 17.7 Å². The zero-order valence-corrected chi connectivity index (χ0v) is 19.9. The Labute approximate surface area is 206 Å². The molecule has 0 bridgehead atoms. The van der Waals surface area contributed by atoms with E-state index in [0.29, 0.717) is 44.8 Å². The monoisotopic (exact) mass is 486 g/mol. The number of carbonyl (C=O) groups is 3. The molecule has 1 fully saturated rings. The van der Waals surface area contributed by atoms with Crippen molar-refractivity contribution in [2.75, 3.05) is 26.2 Å². The largest absolute Gasteiger partial charge is 0.344 e. The molecular formula is C27H23ClN4O3. The Morgan fingerprint density at radius 3 is 2.54 bits per heavy atom. The van der Waals surface area contributed by atoms with Gasteiger partial charge in [0.1, 0.15) is 0 Å². The third-order valence-corrected chi connectivity index (χ3v) is 7.35. The zero-order chi connectivity index (χ0) is 24.3. The number of amides is 3. The number of carbonyl (C=O) groups excluding carboxylic acids is 3. The maximum absolute atomic E-state index is 13.2. The maximum atomic E-state index is 13.2. The van der Waals surface area contributed by atoms with Gasteiger partial charge >= 0.3 is 0 Å². The summed E-state index contributed by atoms with van der Waals surface area (Å²) in [6, 6.07) is 14.8. The molecule has 2 aliphatic heterocycles. The standard InChI is InChI=1S/C27H23ClN4O3/c1-31-20-13-15(27(35)32-11-4-9-29-10-12-32)7-8-17(20)22-21(31)14-18(16-5-2-3-6-19(16)28)23-24(22)26(34)30-25(23)33/h2-3,5-8,13-14,29H,4,9-12H2,1H3,(H,30,33,34). The molecule has 2 N–H and O–H groups in total. The summed E-state index contributed by atoms with van der Waals surface area (Å²) in [5, 5.41) is 7.81. The molecule has 1 saturated heterocycles. The van der Waals surface area contributed by atoms with Crippen molar-refractivity contribution in [2.45, 2.75) is 6.42 Å². The van der Waals surface area contributed by atoms with Crippen molar-refractivity contribution in [3.8, 4) is 11.1 Å². The van der Waals surface area contributed by atoms with Crippen molar-refractivity contribution in [1.82, 2.24) is 20.1 Å². The van der Waals surface area contributed by atoms with E-state index in [-0.39, 0.29) is 5.91 Å². The number of aromatic nitrogens is 1. The molecule has 0 unspecified atom stereocenters. The number of hydrogen-bond acceptors (Lipinski definition) is 4. The van der Waals surface area contributed by atoms with Crippen LogP contribution in [0, 0.1) is 0 Å². The van der Waals surface area contributed by atoms with E-state index in [1.54, 1.807) is 6.07 Å². The number of nitrogens with zero attached hydrogens (tertiary/aromatic N) is 2. The summed E-state index contributed by atoms with van der Waals surface area (Å²) >= 11 is 6.49. The van der Waals surface area contributed by atoms with E-state index in [2.05, 4.69) is 10.6 Å². The fourth-order valence-corrected chi connectivity index (χ4v) is 5.54. The second kappa shape index (κ2) is 8.22. The minimum Gasteiger partial charge on any atom is -0.344 e. The van der Waals surface area contributed by atoms with Gasteiger partial charge in [-0.05, 0) is 42.8 Å². The van der Waals surface area contributed by atoms with Gasteiger partial charge in [-0.2, -0.15) is 0 Å². The van der Waals surface area contributed by atoms with E-state index in [4.69, 9.17) is 11.6 Å². The van der Waals surface area contributed by atoms with Crippen molar-refractivity contribution < 1.29 is 14.4 Å². The summed E-state index contributed by atoms with van der Waals surface area (Å²) in [6.07, 6.45) is 0.919. The Hall–Kier alpha value is -3.68. The average molecular weight is 487 g/mol. The van der Waals surface area contributed by atoms with Crippen molar-refractivity contribution in [2.24, 2.45) is 7.05 Å². The van der Waals surface area contributed by atoms with Gasteiger partial charge in [-0.1, -0.05) is 35.9 Å². The smallest absolute Gasteiger partial charge is 0.259 e. The molecule has 176 valence electrons. The SMILES string of the molecule is Cn1c2cc(C(=O)N3CCCNCC3)ccc2c2c3c(c(-c4ccccc4Cl)cc21)C(=O)NC3=O. The first kappa shape index (κ1) is 21.8. The minimum atomic E-state index is -0.430. The molecule has 0 atom stereocenters. The van der Waals surface area contributed by atoms with Crippen LogP contribution in [0.4, 0.5) is 0 Å². The van der Waals surface area contributed by atoms with Gasteiger partial charge in [-0.25, -0.2) is 0 Å². The molecule has 4 aromatic rings. The van der Waals surface area contributed by atoms with Crippen LogP contribution in [0.25, 0.3) is 32.9 Å². The summed E-state index contributed by atoms with van der Waals surface area (Å²) in [7, 11) is 1.91. The molecule has 0 aliphatic carbocycles. The molecule has 35 heavy (non-hydrogen) atoms. The highest BCUT2D eigenvalue weighted by Gasteiger charge is 2.34. The number of hydrogen-bond donors (Lipinski definition) is 2. The average Bonchev–Trinajstić information content (AvgIpc) is 3.15. The Morgan fingerprint density at radius 1 is 0.914 bits per heavy atom. The quantitative estimate of drug-likeness (QED) is 0.420. The summed E-state index contributed by atoms with van der Waals surface area (Å²) in [6.45, 7) is 3.08. The molecule has 0 radical (unpaired) electrons. The Kier molecular flexibility index (Phi) is 5.12. The Bertz CT molecular complexity index is 1560.